The van der Waals surface area contributed by atoms with E-state index in [-0.39, 0.29) is 0 Å². The average Bonchev–Trinajstić information content (AvgIpc) is 2.30. The number of aromatic nitrogens is 2. The highest BCUT2D eigenvalue weighted by Crippen LogP contribution is 2.34. The molecule has 0 bridgehead atoms. The lowest BCUT2D eigenvalue weighted by Gasteiger charge is -2.05. The van der Waals surface area contributed by atoms with Crippen LogP contribution in [0.4, 0.5) is 22.0 Å². The van der Waals surface area contributed by atoms with Gasteiger partial charge in [-0.2, -0.15) is 18.3 Å². The van der Waals surface area contributed by atoms with E-state index in [9.17, 15) is 22.0 Å². The number of hydrogen-bond donors (Lipinski definition) is 1. The molecular formula is C5H3F5N2. The van der Waals surface area contributed by atoms with Crippen molar-refractivity contribution in [1.29, 1.82) is 0 Å². The largest absolute Gasteiger partial charge is 0.433 e. The highest BCUT2D eigenvalue weighted by Gasteiger charge is 2.37. The summed E-state index contributed by atoms with van der Waals surface area (Å²) < 4.78 is 59.2. The third kappa shape index (κ3) is 1.54. The molecule has 0 aromatic carbocycles. The predicted molar refractivity (Wildman–Crippen MR) is 28.5 cm³/mol. The van der Waals surface area contributed by atoms with Crippen LogP contribution in [-0.4, -0.2) is 10.2 Å². The zero-order valence-electron chi connectivity index (χ0n) is 5.49. The number of nitrogens with zero attached hydrogens (tertiary/aromatic N) is 1. The number of aromatic amines is 1. The quantitative estimate of drug-likeness (QED) is 0.670. The molecular weight excluding hydrogens is 183 g/mol. The third-order valence-electron chi connectivity index (χ3n) is 1.19. The van der Waals surface area contributed by atoms with Gasteiger partial charge in [-0.15, -0.1) is 0 Å². The van der Waals surface area contributed by atoms with Gasteiger partial charge in [0.05, 0.1) is 11.8 Å². The highest BCUT2D eigenvalue weighted by atomic mass is 19.4. The maximum absolute atomic E-state index is 11.8. The van der Waals surface area contributed by atoms with Gasteiger partial charge in [-0.05, 0) is 0 Å². The van der Waals surface area contributed by atoms with Crippen molar-refractivity contribution in [1.82, 2.24) is 10.2 Å². The van der Waals surface area contributed by atoms with Gasteiger partial charge >= 0.3 is 6.18 Å². The van der Waals surface area contributed by atoms with Crippen molar-refractivity contribution >= 4 is 0 Å². The average molecular weight is 186 g/mol. The van der Waals surface area contributed by atoms with Gasteiger partial charge in [0.15, 0.2) is 0 Å². The topological polar surface area (TPSA) is 28.7 Å². The molecule has 1 aromatic heterocycles. The number of hydrogen-bond acceptors (Lipinski definition) is 1. The maximum atomic E-state index is 11.8. The Morgan fingerprint density at radius 3 is 2.25 bits per heavy atom. The molecule has 2 nitrogen and oxygen atoms in total. The van der Waals surface area contributed by atoms with Crippen LogP contribution in [0.1, 0.15) is 17.7 Å². The lowest BCUT2D eigenvalue weighted by molar-refractivity contribution is -0.143. The second-order valence-electron chi connectivity index (χ2n) is 2.00. The first-order chi connectivity index (χ1) is 5.43. The summed E-state index contributed by atoms with van der Waals surface area (Å²) in [5.41, 5.74) is -2.61. The molecule has 0 aliphatic rings. The van der Waals surface area contributed by atoms with Crippen LogP contribution in [0.2, 0.25) is 0 Å². The van der Waals surface area contributed by atoms with E-state index in [2.05, 4.69) is 5.10 Å². The Bertz CT molecular complexity index is 263. The van der Waals surface area contributed by atoms with Gasteiger partial charge in [0.1, 0.15) is 5.69 Å². The van der Waals surface area contributed by atoms with E-state index in [0.29, 0.717) is 6.20 Å². The maximum Gasteiger partial charge on any atom is 0.433 e. The van der Waals surface area contributed by atoms with E-state index in [0.717, 1.165) is 0 Å². The summed E-state index contributed by atoms with van der Waals surface area (Å²) in [7, 11) is 0. The summed E-state index contributed by atoms with van der Waals surface area (Å²) in [6.45, 7) is 0. The summed E-state index contributed by atoms with van der Waals surface area (Å²) in [6, 6.07) is 0. The van der Waals surface area contributed by atoms with E-state index in [1.54, 1.807) is 0 Å². The fourth-order valence-corrected chi connectivity index (χ4v) is 0.688. The Morgan fingerprint density at radius 2 is 1.92 bits per heavy atom. The second-order valence-corrected chi connectivity index (χ2v) is 2.00. The number of halogens is 5. The molecule has 7 heteroatoms. The molecule has 12 heavy (non-hydrogen) atoms. The lowest BCUT2D eigenvalue weighted by atomic mass is 10.2. The molecule has 0 saturated heterocycles. The molecule has 68 valence electrons. The van der Waals surface area contributed by atoms with Gasteiger partial charge in [0.25, 0.3) is 6.43 Å². The minimum absolute atomic E-state index is 0.466. The van der Waals surface area contributed by atoms with Crippen LogP contribution in [-0.2, 0) is 6.18 Å². The van der Waals surface area contributed by atoms with Crippen molar-refractivity contribution in [2.24, 2.45) is 0 Å². The van der Waals surface area contributed by atoms with Gasteiger partial charge in [0, 0.05) is 0 Å². The van der Waals surface area contributed by atoms with Crippen molar-refractivity contribution in [3.8, 4) is 0 Å². The highest BCUT2D eigenvalue weighted by molar-refractivity contribution is 5.20. The third-order valence-corrected chi connectivity index (χ3v) is 1.19. The Morgan fingerprint density at radius 1 is 1.33 bits per heavy atom. The van der Waals surface area contributed by atoms with Crippen LogP contribution in [0.15, 0.2) is 6.20 Å². The van der Waals surface area contributed by atoms with Gasteiger partial charge in [-0.1, -0.05) is 0 Å². The molecule has 0 saturated carbocycles. The molecule has 1 heterocycles. The molecule has 0 spiro atoms. The standard InChI is InChI=1S/C5H3F5N2/c6-4(7)2-1-11-12-3(2)5(8,9)10/h1,4H,(H,11,12). The van der Waals surface area contributed by atoms with Crippen molar-refractivity contribution in [3.05, 3.63) is 17.5 Å². The Labute approximate surface area is 63.4 Å². The van der Waals surface area contributed by atoms with Gasteiger partial charge in [-0.25, -0.2) is 8.78 Å². The van der Waals surface area contributed by atoms with Crippen LogP contribution < -0.4 is 0 Å². The first-order valence-corrected chi connectivity index (χ1v) is 2.81. The molecule has 1 rings (SSSR count). The van der Waals surface area contributed by atoms with Crippen molar-refractivity contribution in [2.75, 3.05) is 0 Å². The van der Waals surface area contributed by atoms with Crippen molar-refractivity contribution in [2.45, 2.75) is 12.6 Å². The van der Waals surface area contributed by atoms with Crippen molar-refractivity contribution < 1.29 is 22.0 Å². The molecule has 0 aliphatic heterocycles. The Balaban J connectivity index is 3.08. The predicted octanol–water partition coefficient (Wildman–Crippen LogP) is 2.37. The molecule has 1 N–H and O–H groups in total. The monoisotopic (exact) mass is 186 g/mol. The number of nitrogens with one attached hydrogen (secondary N) is 1. The van der Waals surface area contributed by atoms with Crippen LogP contribution in [0, 0.1) is 0 Å². The second kappa shape index (κ2) is 2.72. The van der Waals surface area contributed by atoms with Crippen LogP contribution in [0.5, 0.6) is 0 Å². The van der Waals surface area contributed by atoms with Gasteiger partial charge < -0.3 is 0 Å². The molecule has 0 atom stereocenters. The zero-order valence-corrected chi connectivity index (χ0v) is 5.49. The Hall–Kier alpha value is -1.14. The van der Waals surface area contributed by atoms with E-state index in [1.807, 2.05) is 0 Å². The minimum atomic E-state index is -4.80. The van der Waals surface area contributed by atoms with Crippen LogP contribution in [0.3, 0.4) is 0 Å². The first-order valence-electron chi connectivity index (χ1n) is 2.81. The molecule has 0 fully saturated rings. The fourth-order valence-electron chi connectivity index (χ4n) is 0.688. The SMILES string of the molecule is FC(F)c1cn[nH]c1C(F)(F)F. The molecule has 0 aliphatic carbocycles. The molecule has 0 unspecified atom stereocenters. The normalized spacial score (nSPS) is 12.5. The fraction of sp³-hybridized carbons (Fsp3) is 0.400. The zero-order chi connectivity index (χ0) is 9.35. The van der Waals surface area contributed by atoms with Gasteiger partial charge in [0.2, 0.25) is 0 Å². The summed E-state index contributed by atoms with van der Waals surface area (Å²) >= 11 is 0. The van der Waals surface area contributed by atoms with E-state index < -0.39 is 23.9 Å². The van der Waals surface area contributed by atoms with Gasteiger partial charge in [-0.3, -0.25) is 5.10 Å². The van der Waals surface area contributed by atoms with E-state index >= 15 is 0 Å². The first kappa shape index (κ1) is 8.95. The van der Waals surface area contributed by atoms with Crippen LogP contribution in [0.25, 0.3) is 0 Å². The van der Waals surface area contributed by atoms with E-state index in [1.165, 1.54) is 5.10 Å². The number of alkyl halides is 5. The summed E-state index contributed by atoms with van der Waals surface area (Å²) in [6.07, 6.45) is -7.50. The van der Waals surface area contributed by atoms with Crippen LogP contribution >= 0.6 is 0 Å². The number of rotatable bonds is 1. The minimum Gasteiger partial charge on any atom is -0.273 e. The van der Waals surface area contributed by atoms with Crippen molar-refractivity contribution in [3.63, 3.8) is 0 Å². The summed E-state index contributed by atoms with van der Waals surface area (Å²) in [5.74, 6) is 0. The van der Waals surface area contributed by atoms with E-state index in [4.69, 9.17) is 0 Å². The lowest BCUT2D eigenvalue weighted by Crippen LogP contribution is -2.08. The summed E-state index contributed by atoms with van der Waals surface area (Å²) in [4.78, 5) is 0. The summed E-state index contributed by atoms with van der Waals surface area (Å²) in [5, 5.41) is 4.36. The molecule has 0 amide bonds. The molecule has 1 aromatic rings. The smallest absolute Gasteiger partial charge is 0.273 e. The molecule has 0 radical (unpaired) electrons. The Kier molecular flexibility index (Phi) is 2.03. The number of H-pyrrole nitrogens is 1.